The molecule has 0 saturated carbocycles. The summed E-state index contributed by atoms with van der Waals surface area (Å²) in [6, 6.07) is 1.95. The van der Waals surface area contributed by atoms with Crippen LogP contribution in [0.1, 0.15) is 39.0 Å². The molecular formula is C13H23N3. The largest absolute Gasteiger partial charge is 0.300 e. The second kappa shape index (κ2) is 5.18. The summed E-state index contributed by atoms with van der Waals surface area (Å²) < 4.78 is 0. The minimum Gasteiger partial charge on any atom is -0.300 e. The molecule has 3 unspecified atom stereocenters. The molecule has 2 aliphatic heterocycles. The summed E-state index contributed by atoms with van der Waals surface area (Å²) in [6.45, 7) is 1.89. The van der Waals surface area contributed by atoms with Crippen molar-refractivity contribution >= 4 is 0 Å². The van der Waals surface area contributed by atoms with Crippen LogP contribution in [0.2, 0.25) is 0 Å². The highest BCUT2D eigenvalue weighted by Gasteiger charge is 2.40. The van der Waals surface area contributed by atoms with E-state index in [1.807, 2.05) is 6.92 Å². The monoisotopic (exact) mass is 221 g/mol. The first kappa shape index (κ1) is 11.9. The zero-order valence-corrected chi connectivity index (χ0v) is 10.4. The van der Waals surface area contributed by atoms with Crippen LogP contribution in [0.3, 0.4) is 0 Å². The van der Waals surface area contributed by atoms with Gasteiger partial charge in [-0.3, -0.25) is 11.3 Å². The molecule has 0 spiro atoms. The molecule has 3 nitrogen and oxygen atoms in total. The summed E-state index contributed by atoms with van der Waals surface area (Å²) in [5, 5.41) is 0. The number of nitrogens with zero attached hydrogens (tertiary/aromatic N) is 1. The number of piperidine rings is 1. The van der Waals surface area contributed by atoms with Gasteiger partial charge in [0.25, 0.3) is 0 Å². The average molecular weight is 221 g/mol. The van der Waals surface area contributed by atoms with Crippen molar-refractivity contribution in [3.63, 3.8) is 0 Å². The Morgan fingerprint density at radius 1 is 1.38 bits per heavy atom. The Hall–Kier alpha value is -0.560. The maximum absolute atomic E-state index is 5.66. The number of hydrazine groups is 1. The van der Waals surface area contributed by atoms with Crippen LogP contribution in [-0.4, -0.2) is 30.1 Å². The molecule has 0 aromatic carbocycles. The number of hydrogen-bond donors (Lipinski definition) is 2. The van der Waals surface area contributed by atoms with Gasteiger partial charge in [-0.05, 0) is 45.6 Å². The highest BCUT2D eigenvalue weighted by Crippen LogP contribution is 2.38. The Bertz CT molecular complexity index is 277. The molecule has 0 aromatic rings. The SMILES string of the molecule is CC#CCC(NN)C1CC2CCC(C1)N2C. The van der Waals surface area contributed by atoms with Gasteiger partial charge in [0, 0.05) is 24.5 Å². The molecule has 2 rings (SSSR count). The van der Waals surface area contributed by atoms with Gasteiger partial charge in [-0.2, -0.15) is 0 Å². The number of rotatable bonds is 3. The molecule has 0 aromatic heterocycles. The third-order valence-corrected chi connectivity index (χ3v) is 4.42. The lowest BCUT2D eigenvalue weighted by molar-refractivity contribution is 0.113. The van der Waals surface area contributed by atoms with Crippen molar-refractivity contribution in [2.45, 2.75) is 57.2 Å². The van der Waals surface area contributed by atoms with Gasteiger partial charge in [0.2, 0.25) is 0 Å². The summed E-state index contributed by atoms with van der Waals surface area (Å²) in [6.07, 6.45) is 6.20. The molecular weight excluding hydrogens is 198 g/mol. The molecule has 3 atom stereocenters. The molecule has 2 fully saturated rings. The van der Waals surface area contributed by atoms with Gasteiger partial charge < -0.3 is 4.90 Å². The van der Waals surface area contributed by atoms with E-state index < -0.39 is 0 Å². The lowest BCUT2D eigenvalue weighted by Gasteiger charge is -2.39. The fraction of sp³-hybridized carbons (Fsp3) is 0.846. The van der Waals surface area contributed by atoms with Crippen LogP contribution in [0.15, 0.2) is 0 Å². The van der Waals surface area contributed by atoms with Crippen LogP contribution < -0.4 is 11.3 Å². The van der Waals surface area contributed by atoms with Crippen molar-refractivity contribution < 1.29 is 0 Å². The molecule has 2 heterocycles. The lowest BCUT2D eigenvalue weighted by atomic mass is 9.84. The zero-order valence-electron chi connectivity index (χ0n) is 10.4. The van der Waals surface area contributed by atoms with Crippen LogP contribution >= 0.6 is 0 Å². The van der Waals surface area contributed by atoms with E-state index in [-0.39, 0.29) is 0 Å². The maximum Gasteiger partial charge on any atom is 0.0349 e. The first-order chi connectivity index (χ1) is 7.76. The van der Waals surface area contributed by atoms with Gasteiger partial charge >= 0.3 is 0 Å². The Balaban J connectivity index is 1.96. The van der Waals surface area contributed by atoms with E-state index in [0.717, 1.165) is 18.5 Å². The summed E-state index contributed by atoms with van der Waals surface area (Å²) in [5.41, 5.74) is 2.97. The van der Waals surface area contributed by atoms with E-state index >= 15 is 0 Å². The van der Waals surface area contributed by atoms with Gasteiger partial charge in [0.1, 0.15) is 0 Å². The van der Waals surface area contributed by atoms with Gasteiger partial charge in [-0.15, -0.1) is 11.8 Å². The summed E-state index contributed by atoms with van der Waals surface area (Å²) >= 11 is 0. The normalized spacial score (nSPS) is 35.6. The van der Waals surface area contributed by atoms with Gasteiger partial charge in [0.05, 0.1) is 0 Å². The van der Waals surface area contributed by atoms with Crippen molar-refractivity contribution in [2.24, 2.45) is 11.8 Å². The van der Waals surface area contributed by atoms with Crippen LogP contribution in [0.5, 0.6) is 0 Å². The number of fused-ring (bicyclic) bond motifs is 2. The Labute approximate surface area is 98.7 Å². The predicted octanol–water partition coefficient (Wildman–Crippen LogP) is 1.10. The van der Waals surface area contributed by atoms with Crippen LogP contribution in [-0.2, 0) is 0 Å². The van der Waals surface area contributed by atoms with Gasteiger partial charge in [0.15, 0.2) is 0 Å². The van der Waals surface area contributed by atoms with Crippen LogP contribution in [0.25, 0.3) is 0 Å². The maximum atomic E-state index is 5.66. The molecule has 0 radical (unpaired) electrons. The third kappa shape index (κ3) is 2.24. The zero-order chi connectivity index (χ0) is 11.5. The highest BCUT2D eigenvalue weighted by atomic mass is 15.2. The molecule has 0 amide bonds. The van der Waals surface area contributed by atoms with Crippen molar-refractivity contribution in [1.29, 1.82) is 0 Å². The summed E-state index contributed by atoms with van der Waals surface area (Å²) in [4.78, 5) is 2.57. The molecule has 0 aliphatic carbocycles. The summed E-state index contributed by atoms with van der Waals surface area (Å²) in [7, 11) is 2.27. The van der Waals surface area contributed by atoms with E-state index in [0.29, 0.717) is 12.0 Å². The fourth-order valence-corrected chi connectivity index (χ4v) is 3.36. The van der Waals surface area contributed by atoms with Crippen molar-refractivity contribution in [1.82, 2.24) is 10.3 Å². The predicted molar refractivity (Wildman–Crippen MR) is 66.5 cm³/mol. The van der Waals surface area contributed by atoms with E-state index in [2.05, 4.69) is 29.2 Å². The standard InChI is InChI=1S/C13H23N3/c1-3-4-5-13(15-14)10-8-11-6-7-12(9-10)16(11)2/h10-13,15H,5-9,14H2,1-2H3. The molecule has 2 bridgehead atoms. The first-order valence-corrected chi connectivity index (χ1v) is 6.34. The van der Waals surface area contributed by atoms with E-state index in [1.54, 1.807) is 0 Å². The van der Waals surface area contributed by atoms with Crippen molar-refractivity contribution in [3.05, 3.63) is 0 Å². The molecule has 16 heavy (non-hydrogen) atoms. The average Bonchev–Trinajstić information content (AvgIpc) is 2.54. The molecule has 3 heteroatoms. The minimum atomic E-state index is 0.379. The topological polar surface area (TPSA) is 41.3 Å². The van der Waals surface area contributed by atoms with Crippen molar-refractivity contribution in [3.8, 4) is 11.8 Å². The first-order valence-electron chi connectivity index (χ1n) is 6.34. The van der Waals surface area contributed by atoms with Crippen LogP contribution in [0, 0.1) is 17.8 Å². The quantitative estimate of drug-likeness (QED) is 0.426. The van der Waals surface area contributed by atoms with Gasteiger partial charge in [-0.1, -0.05) is 0 Å². The summed E-state index contributed by atoms with van der Waals surface area (Å²) in [5.74, 6) is 12.5. The molecule has 90 valence electrons. The second-order valence-electron chi connectivity index (χ2n) is 5.19. The third-order valence-electron chi connectivity index (χ3n) is 4.42. The highest BCUT2D eigenvalue weighted by molar-refractivity contribution is 5.02. The van der Waals surface area contributed by atoms with Crippen molar-refractivity contribution in [2.75, 3.05) is 7.05 Å². The lowest BCUT2D eigenvalue weighted by Crippen LogP contribution is -2.48. The Morgan fingerprint density at radius 3 is 2.50 bits per heavy atom. The number of nitrogens with two attached hydrogens (primary N) is 1. The van der Waals surface area contributed by atoms with Crippen LogP contribution in [0.4, 0.5) is 0 Å². The molecule has 2 saturated heterocycles. The Morgan fingerprint density at radius 2 is 2.00 bits per heavy atom. The van der Waals surface area contributed by atoms with E-state index in [9.17, 15) is 0 Å². The molecule has 2 aliphatic rings. The Kier molecular flexibility index (Phi) is 3.86. The number of nitrogens with one attached hydrogen (secondary N) is 1. The van der Waals surface area contributed by atoms with E-state index in [4.69, 9.17) is 5.84 Å². The minimum absolute atomic E-state index is 0.379. The smallest absolute Gasteiger partial charge is 0.0349 e. The number of hydrogen-bond acceptors (Lipinski definition) is 3. The second-order valence-corrected chi connectivity index (χ2v) is 5.19. The fourth-order valence-electron chi connectivity index (χ4n) is 3.36. The van der Waals surface area contributed by atoms with Gasteiger partial charge in [-0.25, -0.2) is 0 Å². The molecule has 3 N–H and O–H groups in total. The van der Waals surface area contributed by atoms with E-state index in [1.165, 1.54) is 25.7 Å².